The minimum Gasteiger partial charge on any atom is -0.467 e. The third-order valence-electron chi connectivity index (χ3n) is 3.12. The van der Waals surface area contributed by atoms with Crippen molar-refractivity contribution < 1.29 is 20.1 Å². The van der Waals surface area contributed by atoms with Gasteiger partial charge in [-0.2, -0.15) is 0 Å². The molecule has 138 valence electrons. The predicted octanol–water partition coefficient (Wildman–Crippen LogP) is -3.64. The Hall–Kier alpha value is -2.56. The summed E-state index contributed by atoms with van der Waals surface area (Å²) in [5.41, 5.74) is 24.7. The van der Waals surface area contributed by atoms with Crippen molar-refractivity contribution in [1.29, 1.82) is 0 Å². The number of amides is 1. The van der Waals surface area contributed by atoms with Crippen molar-refractivity contribution >= 4 is 23.8 Å². The molecule has 1 amide bonds. The zero-order chi connectivity index (χ0) is 18.5. The van der Waals surface area contributed by atoms with Crippen LogP contribution in [0, 0.1) is 0 Å². The Morgan fingerprint density at radius 2 is 1.54 bits per heavy atom. The fourth-order valence-electron chi connectivity index (χ4n) is 1.86. The molecule has 0 unspecified atom stereocenters. The largest absolute Gasteiger partial charge is 0.467 e. The van der Waals surface area contributed by atoms with Crippen LogP contribution in [-0.2, 0) is 14.3 Å². The first-order valence-corrected chi connectivity index (χ1v) is 7.60. The van der Waals surface area contributed by atoms with Crippen LogP contribution in [0.15, 0.2) is 9.98 Å². The van der Waals surface area contributed by atoms with Gasteiger partial charge in [0, 0.05) is 19.5 Å². The molecule has 0 aliphatic rings. The molecule has 0 saturated heterocycles. The van der Waals surface area contributed by atoms with Crippen molar-refractivity contribution in [2.45, 2.75) is 37.8 Å². The van der Waals surface area contributed by atoms with E-state index < -0.39 is 18.1 Å². The van der Waals surface area contributed by atoms with Gasteiger partial charge in [0.25, 0.3) is 5.91 Å². The molecule has 0 bridgehead atoms. The Morgan fingerprint density at radius 1 is 1.04 bits per heavy atom. The Morgan fingerprint density at radius 3 is 2.00 bits per heavy atom. The van der Waals surface area contributed by atoms with Crippen LogP contribution in [0.4, 0.5) is 0 Å². The van der Waals surface area contributed by atoms with Crippen molar-refractivity contribution in [3.8, 4) is 0 Å². The predicted molar refractivity (Wildman–Crippen MR) is 90.4 cm³/mol. The van der Waals surface area contributed by atoms with Gasteiger partial charge in [-0.3, -0.25) is 14.8 Å². The molecule has 0 saturated carbocycles. The van der Waals surface area contributed by atoms with Crippen LogP contribution >= 0.6 is 0 Å². The Kier molecular flexibility index (Phi) is 10.7. The highest BCUT2D eigenvalue weighted by Crippen LogP contribution is 2.02. The number of aliphatic imine (C=N–C) groups is 2. The molecular formula is C13H29N8O3+. The SMILES string of the molecule is COC(=O)[C@H](CCCN=C(N)N)NC(=O)[C@@H]([NH3+])CCCN=C(N)N. The van der Waals surface area contributed by atoms with Crippen LogP contribution in [0.5, 0.6) is 0 Å². The topological polar surface area (TPSA) is 212 Å². The van der Waals surface area contributed by atoms with E-state index in [1.54, 1.807) is 0 Å². The normalized spacial score (nSPS) is 12.6. The first kappa shape index (κ1) is 21.4. The molecule has 0 fully saturated rings. The molecule has 0 aromatic carbocycles. The molecule has 12 N–H and O–H groups in total. The number of hydrogen-bond donors (Lipinski definition) is 6. The number of nitrogens with zero attached hydrogens (tertiary/aromatic N) is 2. The fourth-order valence-corrected chi connectivity index (χ4v) is 1.86. The van der Waals surface area contributed by atoms with E-state index in [0.29, 0.717) is 38.8 Å². The quantitative estimate of drug-likeness (QED) is 0.0955. The molecule has 0 aromatic rings. The van der Waals surface area contributed by atoms with Crippen LogP contribution in [0.1, 0.15) is 25.7 Å². The van der Waals surface area contributed by atoms with Gasteiger partial charge in [-0.15, -0.1) is 0 Å². The fraction of sp³-hybridized carbons (Fsp3) is 0.692. The van der Waals surface area contributed by atoms with Gasteiger partial charge >= 0.3 is 5.97 Å². The maximum Gasteiger partial charge on any atom is 0.328 e. The van der Waals surface area contributed by atoms with Crippen LogP contribution in [0.3, 0.4) is 0 Å². The zero-order valence-corrected chi connectivity index (χ0v) is 14.0. The molecule has 0 heterocycles. The molecular weight excluding hydrogens is 316 g/mol. The summed E-state index contributed by atoms with van der Waals surface area (Å²) in [6.45, 7) is 0.776. The van der Waals surface area contributed by atoms with Crippen LogP contribution in [0.25, 0.3) is 0 Å². The summed E-state index contributed by atoms with van der Waals surface area (Å²) in [4.78, 5) is 31.5. The minimum atomic E-state index is -0.765. The lowest BCUT2D eigenvalue weighted by atomic mass is 10.1. The highest BCUT2D eigenvalue weighted by atomic mass is 16.5. The first-order chi connectivity index (χ1) is 11.3. The lowest BCUT2D eigenvalue weighted by molar-refractivity contribution is -0.405. The number of hydrogen-bond acceptors (Lipinski definition) is 5. The van der Waals surface area contributed by atoms with E-state index in [-0.39, 0.29) is 17.8 Å². The number of esters is 1. The number of rotatable bonds is 11. The molecule has 0 radical (unpaired) electrons. The Bertz CT molecular complexity index is 458. The van der Waals surface area contributed by atoms with E-state index in [9.17, 15) is 9.59 Å². The Labute approximate surface area is 141 Å². The number of nitrogens with one attached hydrogen (secondary N) is 1. The van der Waals surface area contributed by atoms with E-state index in [1.807, 2.05) is 0 Å². The van der Waals surface area contributed by atoms with Crippen LogP contribution in [0.2, 0.25) is 0 Å². The zero-order valence-electron chi connectivity index (χ0n) is 14.0. The molecule has 24 heavy (non-hydrogen) atoms. The third kappa shape index (κ3) is 10.2. The molecule has 0 aliphatic heterocycles. The summed E-state index contributed by atoms with van der Waals surface area (Å²) in [5, 5.41) is 2.63. The number of carbonyl (C=O) groups excluding carboxylic acids is 2. The van der Waals surface area contributed by atoms with E-state index in [1.165, 1.54) is 7.11 Å². The molecule has 11 nitrogen and oxygen atoms in total. The number of nitrogens with two attached hydrogens (primary N) is 4. The van der Waals surface area contributed by atoms with Crippen molar-refractivity contribution in [1.82, 2.24) is 5.32 Å². The minimum absolute atomic E-state index is 0.00611. The number of carbonyl (C=O) groups is 2. The summed E-state index contributed by atoms with van der Waals surface area (Å²) in [7, 11) is 1.26. The molecule has 11 heteroatoms. The van der Waals surface area contributed by atoms with E-state index >= 15 is 0 Å². The average molecular weight is 345 g/mol. The second-order valence-corrected chi connectivity index (χ2v) is 5.18. The van der Waals surface area contributed by atoms with Crippen molar-refractivity contribution in [2.24, 2.45) is 32.9 Å². The van der Waals surface area contributed by atoms with Gasteiger partial charge in [-0.25, -0.2) is 4.79 Å². The van der Waals surface area contributed by atoms with Gasteiger partial charge in [0.15, 0.2) is 18.0 Å². The monoisotopic (exact) mass is 345 g/mol. The lowest BCUT2D eigenvalue weighted by Gasteiger charge is -2.17. The van der Waals surface area contributed by atoms with E-state index in [2.05, 4.69) is 21.0 Å². The average Bonchev–Trinajstić information content (AvgIpc) is 2.52. The molecule has 0 spiro atoms. The van der Waals surface area contributed by atoms with Gasteiger partial charge < -0.3 is 38.7 Å². The molecule has 0 rings (SSSR count). The number of methoxy groups -OCH3 is 1. The van der Waals surface area contributed by atoms with Crippen molar-refractivity contribution in [3.05, 3.63) is 0 Å². The highest BCUT2D eigenvalue weighted by molar-refractivity contribution is 5.86. The van der Waals surface area contributed by atoms with Gasteiger partial charge in [-0.1, -0.05) is 0 Å². The lowest BCUT2D eigenvalue weighted by Crippen LogP contribution is -2.68. The van der Waals surface area contributed by atoms with E-state index in [4.69, 9.17) is 27.7 Å². The Balaban J connectivity index is 4.39. The van der Waals surface area contributed by atoms with E-state index in [0.717, 1.165) is 0 Å². The summed E-state index contributed by atoms with van der Waals surface area (Å²) in [5.74, 6) is -0.878. The smallest absolute Gasteiger partial charge is 0.328 e. The summed E-state index contributed by atoms with van der Waals surface area (Å²) < 4.78 is 4.69. The molecule has 2 atom stereocenters. The molecule has 0 aromatic heterocycles. The summed E-state index contributed by atoms with van der Waals surface area (Å²) >= 11 is 0. The highest BCUT2D eigenvalue weighted by Gasteiger charge is 2.25. The molecule has 0 aliphatic carbocycles. The number of ether oxygens (including phenoxy) is 1. The summed E-state index contributed by atoms with van der Waals surface area (Å²) in [6.07, 6.45) is 1.97. The van der Waals surface area contributed by atoms with Crippen molar-refractivity contribution in [3.63, 3.8) is 0 Å². The van der Waals surface area contributed by atoms with Gasteiger partial charge in [0.05, 0.1) is 7.11 Å². The summed E-state index contributed by atoms with van der Waals surface area (Å²) in [6, 6.07) is -1.29. The second-order valence-electron chi connectivity index (χ2n) is 5.18. The van der Waals surface area contributed by atoms with Gasteiger partial charge in [0.2, 0.25) is 0 Å². The second kappa shape index (κ2) is 11.9. The first-order valence-electron chi connectivity index (χ1n) is 7.60. The van der Waals surface area contributed by atoms with Crippen LogP contribution in [-0.4, -0.2) is 56.1 Å². The number of guanidine groups is 2. The third-order valence-corrected chi connectivity index (χ3v) is 3.12. The van der Waals surface area contributed by atoms with Crippen molar-refractivity contribution in [2.75, 3.05) is 20.2 Å². The van der Waals surface area contributed by atoms with Crippen LogP contribution < -0.4 is 34.0 Å². The maximum atomic E-state index is 12.1. The maximum absolute atomic E-state index is 12.1. The van der Waals surface area contributed by atoms with Gasteiger partial charge in [0.1, 0.15) is 6.04 Å². The number of quaternary nitrogens is 1. The van der Waals surface area contributed by atoms with Gasteiger partial charge in [-0.05, 0) is 19.3 Å². The standard InChI is InChI=1S/C13H28N8O3/c1-24-11(23)9(5-3-7-20-13(17)18)21-10(22)8(14)4-2-6-19-12(15)16/h8-9H,2-7,14H2,1H3,(H,21,22)(H4,15,16,19)(H4,17,18,20)/p+1/t8-,9-/m0/s1.